The summed E-state index contributed by atoms with van der Waals surface area (Å²) < 4.78 is 6.60. The molecule has 2 heterocycles. The zero-order chi connectivity index (χ0) is 16.1. The van der Waals surface area contributed by atoms with E-state index in [2.05, 4.69) is 10.4 Å². The van der Waals surface area contributed by atoms with E-state index in [1.807, 2.05) is 30.3 Å². The molecule has 3 rings (SSSR count). The highest BCUT2D eigenvalue weighted by Crippen LogP contribution is 2.08. The molecule has 0 spiro atoms. The van der Waals surface area contributed by atoms with Crippen LogP contribution in [0.15, 0.2) is 42.7 Å². The summed E-state index contributed by atoms with van der Waals surface area (Å²) in [5.74, 6) is -0.211. The number of hydrogen-bond acceptors (Lipinski definition) is 4. The van der Waals surface area contributed by atoms with Crippen LogP contribution in [0.5, 0.6) is 0 Å². The lowest BCUT2D eigenvalue weighted by Crippen LogP contribution is -2.42. The highest BCUT2D eigenvalue weighted by Gasteiger charge is 2.19. The number of carbonyl (C=O) groups is 2. The van der Waals surface area contributed by atoms with Crippen LogP contribution in [0.25, 0.3) is 5.69 Å². The monoisotopic (exact) mass is 314 g/mol. The van der Waals surface area contributed by atoms with Crippen molar-refractivity contribution in [2.45, 2.75) is 6.42 Å². The molecular weight excluding hydrogens is 296 g/mol. The first-order valence-corrected chi connectivity index (χ1v) is 7.54. The molecule has 1 fully saturated rings. The van der Waals surface area contributed by atoms with Crippen molar-refractivity contribution in [2.75, 3.05) is 26.2 Å². The summed E-state index contributed by atoms with van der Waals surface area (Å²) in [6.07, 6.45) is 3.71. The second-order valence-electron chi connectivity index (χ2n) is 5.22. The molecule has 2 aromatic rings. The molecule has 0 radical (unpaired) electrons. The molecule has 0 saturated carbocycles. The summed E-state index contributed by atoms with van der Waals surface area (Å²) >= 11 is 0. The lowest BCUT2D eigenvalue weighted by Gasteiger charge is -2.26. The van der Waals surface area contributed by atoms with Crippen molar-refractivity contribution in [3.8, 4) is 5.69 Å². The van der Waals surface area contributed by atoms with Crippen LogP contribution in [0.4, 0.5) is 4.79 Å². The predicted molar refractivity (Wildman–Crippen MR) is 83.4 cm³/mol. The molecule has 23 heavy (non-hydrogen) atoms. The summed E-state index contributed by atoms with van der Waals surface area (Å²) in [7, 11) is 0. The Balaban J connectivity index is 1.53. The molecule has 120 valence electrons. The number of para-hydroxylation sites is 1. The van der Waals surface area contributed by atoms with Gasteiger partial charge in [-0.05, 0) is 18.6 Å². The number of hydrogen-bond donors (Lipinski definition) is 1. The highest BCUT2D eigenvalue weighted by molar-refractivity contribution is 5.93. The van der Waals surface area contributed by atoms with E-state index in [0.29, 0.717) is 31.8 Å². The zero-order valence-electron chi connectivity index (χ0n) is 12.6. The van der Waals surface area contributed by atoms with Gasteiger partial charge in [-0.2, -0.15) is 5.10 Å². The van der Waals surface area contributed by atoms with E-state index in [1.54, 1.807) is 15.8 Å². The smallest absolute Gasteiger partial charge is 0.409 e. The summed E-state index contributed by atoms with van der Waals surface area (Å²) in [6, 6.07) is 9.57. The van der Waals surface area contributed by atoms with Crippen molar-refractivity contribution < 1.29 is 14.3 Å². The second-order valence-corrected chi connectivity index (χ2v) is 5.22. The quantitative estimate of drug-likeness (QED) is 0.906. The van der Waals surface area contributed by atoms with Crippen molar-refractivity contribution in [1.82, 2.24) is 20.0 Å². The Morgan fingerprint density at radius 1 is 1.30 bits per heavy atom. The number of rotatable bonds is 5. The van der Waals surface area contributed by atoms with Crippen LogP contribution in [-0.2, 0) is 4.74 Å². The van der Waals surface area contributed by atoms with Crippen molar-refractivity contribution >= 4 is 12.0 Å². The number of aromatic nitrogens is 2. The maximum atomic E-state index is 12.1. The fourth-order valence-electron chi connectivity index (χ4n) is 2.37. The van der Waals surface area contributed by atoms with Gasteiger partial charge in [-0.25, -0.2) is 9.48 Å². The normalized spacial score (nSPS) is 14.4. The maximum absolute atomic E-state index is 12.1. The minimum atomic E-state index is -0.317. The maximum Gasteiger partial charge on any atom is 0.409 e. The first kappa shape index (κ1) is 15.1. The SMILES string of the molecule is O=C(NCCN1CCCOC1=O)c1cnn(-c2ccccc2)c1. The van der Waals surface area contributed by atoms with Gasteiger partial charge in [-0.15, -0.1) is 0 Å². The van der Waals surface area contributed by atoms with Crippen molar-refractivity contribution in [3.63, 3.8) is 0 Å². The molecule has 1 aliphatic heterocycles. The van der Waals surface area contributed by atoms with Gasteiger partial charge in [0.15, 0.2) is 0 Å². The van der Waals surface area contributed by atoms with Gasteiger partial charge in [0.25, 0.3) is 5.91 Å². The fourth-order valence-corrected chi connectivity index (χ4v) is 2.37. The number of nitrogens with one attached hydrogen (secondary N) is 1. The molecule has 1 aromatic heterocycles. The van der Waals surface area contributed by atoms with Gasteiger partial charge in [0, 0.05) is 25.8 Å². The van der Waals surface area contributed by atoms with Gasteiger partial charge in [0.05, 0.1) is 24.1 Å². The average Bonchev–Trinajstić information content (AvgIpc) is 3.07. The molecule has 1 saturated heterocycles. The molecule has 7 heteroatoms. The number of carbonyl (C=O) groups excluding carboxylic acids is 2. The van der Waals surface area contributed by atoms with E-state index in [-0.39, 0.29) is 12.0 Å². The largest absolute Gasteiger partial charge is 0.449 e. The van der Waals surface area contributed by atoms with E-state index in [1.165, 1.54) is 6.20 Å². The standard InChI is InChI=1S/C16H18N4O3/c21-15(17-7-9-19-8-4-10-23-16(19)22)13-11-18-20(12-13)14-5-2-1-3-6-14/h1-3,5-6,11-12H,4,7-10H2,(H,17,21). The third kappa shape index (κ3) is 3.68. The van der Waals surface area contributed by atoms with E-state index in [9.17, 15) is 9.59 Å². The number of benzene rings is 1. The molecule has 0 aliphatic carbocycles. The Hall–Kier alpha value is -2.83. The summed E-state index contributed by atoms with van der Waals surface area (Å²) in [4.78, 5) is 25.2. The van der Waals surface area contributed by atoms with E-state index in [0.717, 1.165) is 12.1 Å². The molecule has 0 atom stereocenters. The molecular formula is C16H18N4O3. The van der Waals surface area contributed by atoms with Gasteiger partial charge < -0.3 is 15.0 Å². The Morgan fingerprint density at radius 3 is 2.91 bits per heavy atom. The number of amides is 2. The molecule has 7 nitrogen and oxygen atoms in total. The predicted octanol–water partition coefficient (Wildman–Crippen LogP) is 1.44. The van der Waals surface area contributed by atoms with Gasteiger partial charge in [-0.3, -0.25) is 4.79 Å². The minimum absolute atomic E-state index is 0.211. The molecule has 0 unspecified atom stereocenters. The lowest BCUT2D eigenvalue weighted by atomic mass is 10.3. The number of ether oxygens (including phenoxy) is 1. The van der Waals surface area contributed by atoms with E-state index >= 15 is 0 Å². The van der Waals surface area contributed by atoms with Crippen molar-refractivity contribution in [1.29, 1.82) is 0 Å². The Kier molecular flexibility index (Phi) is 4.56. The van der Waals surface area contributed by atoms with Crippen molar-refractivity contribution in [3.05, 3.63) is 48.3 Å². The number of nitrogens with zero attached hydrogens (tertiary/aromatic N) is 3. The first-order chi connectivity index (χ1) is 11.2. The molecule has 1 N–H and O–H groups in total. The van der Waals surface area contributed by atoms with Crippen LogP contribution in [0.3, 0.4) is 0 Å². The van der Waals surface area contributed by atoms with Gasteiger partial charge in [0.1, 0.15) is 0 Å². The minimum Gasteiger partial charge on any atom is -0.449 e. The van der Waals surface area contributed by atoms with Crippen LogP contribution in [-0.4, -0.2) is 52.9 Å². The molecule has 2 amide bonds. The molecule has 1 aromatic carbocycles. The van der Waals surface area contributed by atoms with Crippen LogP contribution in [0.1, 0.15) is 16.8 Å². The van der Waals surface area contributed by atoms with Crippen molar-refractivity contribution in [2.24, 2.45) is 0 Å². The second kappa shape index (κ2) is 6.95. The van der Waals surface area contributed by atoms with Crippen LogP contribution in [0.2, 0.25) is 0 Å². The molecule has 1 aliphatic rings. The van der Waals surface area contributed by atoms with E-state index < -0.39 is 0 Å². The first-order valence-electron chi connectivity index (χ1n) is 7.54. The van der Waals surface area contributed by atoms with Gasteiger partial charge >= 0.3 is 6.09 Å². The van der Waals surface area contributed by atoms with Crippen LogP contribution < -0.4 is 5.32 Å². The average molecular weight is 314 g/mol. The van der Waals surface area contributed by atoms with Crippen LogP contribution >= 0.6 is 0 Å². The topological polar surface area (TPSA) is 76.5 Å². The molecule has 0 bridgehead atoms. The van der Waals surface area contributed by atoms with Gasteiger partial charge in [-0.1, -0.05) is 18.2 Å². The van der Waals surface area contributed by atoms with Gasteiger partial charge in [0.2, 0.25) is 0 Å². The third-order valence-corrected chi connectivity index (χ3v) is 3.59. The zero-order valence-corrected chi connectivity index (χ0v) is 12.6. The lowest BCUT2D eigenvalue weighted by molar-refractivity contribution is 0.0719. The Labute approximate surface area is 133 Å². The summed E-state index contributed by atoms with van der Waals surface area (Å²) in [6.45, 7) is 1.96. The third-order valence-electron chi connectivity index (χ3n) is 3.59. The van der Waals surface area contributed by atoms with E-state index in [4.69, 9.17) is 4.74 Å². The highest BCUT2D eigenvalue weighted by atomic mass is 16.6. The fraction of sp³-hybridized carbons (Fsp3) is 0.312. The Morgan fingerprint density at radius 2 is 2.13 bits per heavy atom. The summed E-state index contributed by atoms with van der Waals surface area (Å²) in [5, 5.41) is 6.98. The summed E-state index contributed by atoms with van der Waals surface area (Å²) in [5.41, 5.74) is 1.37. The Bertz CT molecular complexity index is 684. The van der Waals surface area contributed by atoms with Crippen LogP contribution in [0, 0.1) is 0 Å². The number of cyclic esters (lactones) is 1.